The Morgan fingerprint density at radius 2 is 2.17 bits per heavy atom. The molecule has 5 nitrogen and oxygen atoms in total. The van der Waals surface area contributed by atoms with E-state index in [-0.39, 0.29) is 17.2 Å². The van der Waals surface area contributed by atoms with E-state index in [2.05, 4.69) is 38.2 Å². The molecule has 0 spiro atoms. The summed E-state index contributed by atoms with van der Waals surface area (Å²) in [5, 5.41) is 4.46. The number of ether oxygens (including phenoxy) is 1. The minimum absolute atomic E-state index is 0.0166. The van der Waals surface area contributed by atoms with Crippen LogP contribution in [-0.2, 0) is 11.8 Å². The average Bonchev–Trinajstić information content (AvgIpc) is 2.70. The maximum absolute atomic E-state index is 6.13. The van der Waals surface area contributed by atoms with Crippen LogP contribution < -0.4 is 11.3 Å². The first kappa shape index (κ1) is 13.5. The quantitative estimate of drug-likeness (QED) is 0.632. The molecule has 0 saturated carbocycles. The Labute approximate surface area is 109 Å². The Hall–Kier alpha value is -0.910. The monoisotopic (exact) mass is 252 g/mol. The molecule has 2 atom stereocenters. The topological polar surface area (TPSA) is 65.1 Å². The molecule has 1 aromatic rings. The van der Waals surface area contributed by atoms with E-state index in [1.165, 1.54) is 0 Å². The van der Waals surface area contributed by atoms with E-state index in [0.717, 1.165) is 12.1 Å². The lowest BCUT2D eigenvalue weighted by Crippen LogP contribution is -2.41. The van der Waals surface area contributed by atoms with Crippen LogP contribution in [0.5, 0.6) is 0 Å². The van der Waals surface area contributed by atoms with Gasteiger partial charge >= 0.3 is 0 Å². The molecule has 1 aromatic heterocycles. The van der Waals surface area contributed by atoms with Crippen molar-refractivity contribution in [2.45, 2.75) is 51.4 Å². The van der Waals surface area contributed by atoms with Crippen LogP contribution in [0.4, 0.5) is 0 Å². The molecule has 2 rings (SSSR count). The summed E-state index contributed by atoms with van der Waals surface area (Å²) in [6, 6.07) is 2.02. The van der Waals surface area contributed by atoms with Gasteiger partial charge in [0.25, 0.3) is 0 Å². The van der Waals surface area contributed by atoms with Gasteiger partial charge in [-0.15, -0.1) is 0 Å². The molecule has 2 unspecified atom stereocenters. The standard InChI is InChI=1S/C13H24N4O/c1-12(2)8-9(13(3,4)18-12)11(15-14)10-6-7-17(5)16-10/h6-7,9,11,15H,8,14H2,1-5H3. The predicted octanol–water partition coefficient (Wildman–Crippen LogP) is 1.52. The lowest BCUT2D eigenvalue weighted by molar-refractivity contribution is -0.0780. The fourth-order valence-corrected chi connectivity index (χ4v) is 3.13. The smallest absolute Gasteiger partial charge is 0.0811 e. The first-order valence-corrected chi connectivity index (χ1v) is 6.41. The summed E-state index contributed by atoms with van der Waals surface area (Å²) in [6.45, 7) is 8.50. The van der Waals surface area contributed by atoms with Crippen molar-refractivity contribution in [1.29, 1.82) is 0 Å². The number of nitrogens with one attached hydrogen (secondary N) is 1. The molecule has 0 bridgehead atoms. The summed E-state index contributed by atoms with van der Waals surface area (Å²) in [5.41, 5.74) is 3.56. The van der Waals surface area contributed by atoms with Crippen molar-refractivity contribution in [3.8, 4) is 0 Å². The molecule has 102 valence electrons. The summed E-state index contributed by atoms with van der Waals surface area (Å²) >= 11 is 0. The van der Waals surface area contributed by atoms with Crippen molar-refractivity contribution < 1.29 is 4.74 Å². The second-order valence-electron chi connectivity index (χ2n) is 6.33. The maximum atomic E-state index is 6.13. The number of rotatable bonds is 3. The van der Waals surface area contributed by atoms with Gasteiger partial charge in [0.05, 0.1) is 22.9 Å². The number of hydrogen-bond donors (Lipinski definition) is 2. The highest BCUT2D eigenvalue weighted by atomic mass is 16.5. The fourth-order valence-electron chi connectivity index (χ4n) is 3.13. The average molecular weight is 252 g/mol. The molecule has 2 heterocycles. The van der Waals surface area contributed by atoms with Crippen LogP contribution >= 0.6 is 0 Å². The second kappa shape index (κ2) is 4.33. The van der Waals surface area contributed by atoms with Crippen LogP contribution in [0.1, 0.15) is 45.9 Å². The third-order valence-electron chi connectivity index (χ3n) is 3.78. The van der Waals surface area contributed by atoms with Crippen LogP contribution in [0.25, 0.3) is 0 Å². The van der Waals surface area contributed by atoms with E-state index < -0.39 is 0 Å². The zero-order chi connectivity index (χ0) is 13.6. The van der Waals surface area contributed by atoms with Crippen LogP contribution in [0.15, 0.2) is 12.3 Å². The first-order chi connectivity index (χ1) is 8.25. The molecule has 1 fully saturated rings. The summed E-state index contributed by atoms with van der Waals surface area (Å²) in [5.74, 6) is 6.05. The third kappa shape index (κ3) is 2.43. The fraction of sp³-hybridized carbons (Fsp3) is 0.769. The van der Waals surface area contributed by atoms with Gasteiger partial charge in [0, 0.05) is 19.2 Å². The highest BCUT2D eigenvalue weighted by Gasteiger charge is 2.49. The number of aromatic nitrogens is 2. The van der Waals surface area contributed by atoms with Crippen LogP contribution in [-0.4, -0.2) is 21.0 Å². The van der Waals surface area contributed by atoms with E-state index in [1.807, 2.05) is 19.3 Å². The Morgan fingerprint density at radius 1 is 1.50 bits per heavy atom. The first-order valence-electron chi connectivity index (χ1n) is 6.41. The molecule has 0 radical (unpaired) electrons. The van der Waals surface area contributed by atoms with E-state index in [4.69, 9.17) is 10.6 Å². The van der Waals surface area contributed by atoms with E-state index in [1.54, 1.807) is 4.68 Å². The maximum Gasteiger partial charge on any atom is 0.0811 e. The molecule has 0 amide bonds. The van der Waals surface area contributed by atoms with Crippen molar-refractivity contribution in [2.24, 2.45) is 18.8 Å². The molecule has 5 heteroatoms. The van der Waals surface area contributed by atoms with Gasteiger partial charge in [0.1, 0.15) is 0 Å². The van der Waals surface area contributed by atoms with Gasteiger partial charge < -0.3 is 4.74 Å². The van der Waals surface area contributed by atoms with Crippen LogP contribution in [0, 0.1) is 5.92 Å². The minimum Gasteiger partial charge on any atom is -0.369 e. The summed E-state index contributed by atoms with van der Waals surface area (Å²) in [7, 11) is 1.91. The van der Waals surface area contributed by atoms with Crippen LogP contribution in [0.2, 0.25) is 0 Å². The van der Waals surface area contributed by atoms with Gasteiger partial charge in [0.2, 0.25) is 0 Å². The molecule has 18 heavy (non-hydrogen) atoms. The van der Waals surface area contributed by atoms with Gasteiger partial charge in [-0.2, -0.15) is 5.10 Å². The molecule has 0 aromatic carbocycles. The predicted molar refractivity (Wildman–Crippen MR) is 70.6 cm³/mol. The normalized spacial score (nSPS) is 27.3. The summed E-state index contributed by atoms with van der Waals surface area (Å²) in [4.78, 5) is 0. The molecular weight excluding hydrogens is 228 g/mol. The zero-order valence-corrected chi connectivity index (χ0v) is 11.9. The largest absolute Gasteiger partial charge is 0.369 e. The highest BCUT2D eigenvalue weighted by Crippen LogP contribution is 2.47. The van der Waals surface area contributed by atoms with E-state index in [0.29, 0.717) is 5.92 Å². The third-order valence-corrected chi connectivity index (χ3v) is 3.78. The number of hydrogen-bond acceptors (Lipinski definition) is 4. The minimum atomic E-state index is -0.210. The molecule has 1 saturated heterocycles. The van der Waals surface area contributed by atoms with Gasteiger partial charge in [0.15, 0.2) is 0 Å². The summed E-state index contributed by atoms with van der Waals surface area (Å²) in [6.07, 6.45) is 2.90. The number of nitrogens with two attached hydrogens (primary N) is 1. The van der Waals surface area contributed by atoms with Crippen molar-refractivity contribution in [2.75, 3.05) is 0 Å². The van der Waals surface area contributed by atoms with Crippen molar-refractivity contribution in [3.05, 3.63) is 18.0 Å². The molecular formula is C13H24N4O. The lowest BCUT2D eigenvalue weighted by atomic mass is 9.80. The van der Waals surface area contributed by atoms with Gasteiger partial charge in [-0.3, -0.25) is 16.0 Å². The number of nitrogens with zero attached hydrogens (tertiary/aromatic N) is 2. The zero-order valence-electron chi connectivity index (χ0n) is 11.9. The number of aryl methyl sites for hydroxylation is 1. The number of hydrazine groups is 1. The van der Waals surface area contributed by atoms with E-state index >= 15 is 0 Å². The van der Waals surface area contributed by atoms with Crippen molar-refractivity contribution in [3.63, 3.8) is 0 Å². The molecule has 3 N–H and O–H groups in total. The van der Waals surface area contributed by atoms with Gasteiger partial charge in [-0.1, -0.05) is 0 Å². The SMILES string of the molecule is Cn1ccc(C(NN)C2CC(C)(C)OC2(C)C)n1. The van der Waals surface area contributed by atoms with E-state index in [9.17, 15) is 0 Å². The highest BCUT2D eigenvalue weighted by molar-refractivity contribution is 5.11. The second-order valence-corrected chi connectivity index (χ2v) is 6.33. The summed E-state index contributed by atoms with van der Waals surface area (Å²) < 4.78 is 7.93. The van der Waals surface area contributed by atoms with Crippen molar-refractivity contribution in [1.82, 2.24) is 15.2 Å². The van der Waals surface area contributed by atoms with Gasteiger partial charge in [-0.05, 0) is 40.2 Å². The lowest BCUT2D eigenvalue weighted by Gasteiger charge is -2.31. The molecule has 1 aliphatic heterocycles. The Bertz CT molecular complexity index is 424. The molecule has 1 aliphatic rings. The Kier molecular flexibility index (Phi) is 3.25. The van der Waals surface area contributed by atoms with Crippen LogP contribution in [0.3, 0.4) is 0 Å². The van der Waals surface area contributed by atoms with Gasteiger partial charge in [-0.25, -0.2) is 0 Å². The molecule has 0 aliphatic carbocycles. The Morgan fingerprint density at radius 3 is 2.56 bits per heavy atom. The Balaban J connectivity index is 2.28. The van der Waals surface area contributed by atoms with Crippen molar-refractivity contribution >= 4 is 0 Å².